The summed E-state index contributed by atoms with van der Waals surface area (Å²) in [6.07, 6.45) is 74.7. The van der Waals surface area contributed by atoms with Crippen molar-refractivity contribution in [3.8, 4) is 0 Å². The van der Waals surface area contributed by atoms with Crippen LogP contribution in [0.15, 0.2) is 36.5 Å². The zero-order valence-electron chi connectivity index (χ0n) is 47.0. The Hall–Kier alpha value is -1.92. The van der Waals surface area contributed by atoms with Crippen molar-refractivity contribution in [1.29, 1.82) is 0 Å². The van der Waals surface area contributed by atoms with Gasteiger partial charge in [0.2, 0.25) is 5.91 Å². The number of hydrogen-bond donors (Lipinski definition) is 3. The largest absolute Gasteiger partial charge is 0.466 e. The van der Waals surface area contributed by atoms with Crippen molar-refractivity contribution in [2.24, 2.45) is 0 Å². The molecule has 0 aliphatic carbocycles. The van der Waals surface area contributed by atoms with Crippen molar-refractivity contribution in [3.63, 3.8) is 0 Å². The highest BCUT2D eigenvalue weighted by atomic mass is 16.5. The van der Waals surface area contributed by atoms with E-state index in [2.05, 4.69) is 43.5 Å². The van der Waals surface area contributed by atoms with Gasteiger partial charge in [0.1, 0.15) is 0 Å². The predicted molar refractivity (Wildman–Crippen MR) is 306 cm³/mol. The maximum atomic E-state index is 12.5. The van der Waals surface area contributed by atoms with Crippen LogP contribution in [0.25, 0.3) is 0 Å². The van der Waals surface area contributed by atoms with E-state index in [0.29, 0.717) is 19.4 Å². The molecule has 0 bridgehead atoms. The van der Waals surface area contributed by atoms with Gasteiger partial charge in [0.05, 0.1) is 25.4 Å². The molecular formula is C64H121NO5. The van der Waals surface area contributed by atoms with Gasteiger partial charge in [-0.15, -0.1) is 0 Å². The quantitative estimate of drug-likeness (QED) is 0.0321. The second-order valence-corrected chi connectivity index (χ2v) is 21.4. The van der Waals surface area contributed by atoms with Gasteiger partial charge in [0.25, 0.3) is 0 Å². The van der Waals surface area contributed by atoms with E-state index >= 15 is 0 Å². The van der Waals surface area contributed by atoms with Crippen molar-refractivity contribution in [2.45, 2.75) is 347 Å². The maximum Gasteiger partial charge on any atom is 0.305 e. The lowest BCUT2D eigenvalue weighted by molar-refractivity contribution is -0.143. The molecule has 0 saturated heterocycles. The summed E-state index contributed by atoms with van der Waals surface area (Å²) in [4.78, 5) is 24.5. The summed E-state index contributed by atoms with van der Waals surface area (Å²) in [7, 11) is 0. The van der Waals surface area contributed by atoms with E-state index in [1.54, 1.807) is 6.08 Å². The minimum Gasteiger partial charge on any atom is -0.466 e. The van der Waals surface area contributed by atoms with Crippen LogP contribution >= 0.6 is 0 Å². The lowest BCUT2D eigenvalue weighted by Gasteiger charge is -2.20. The second kappa shape index (κ2) is 59.6. The van der Waals surface area contributed by atoms with E-state index in [0.717, 1.165) is 83.5 Å². The molecule has 1 amide bonds. The van der Waals surface area contributed by atoms with Gasteiger partial charge in [0.15, 0.2) is 0 Å². The Morgan fingerprint density at radius 3 is 1.09 bits per heavy atom. The first-order valence-electron chi connectivity index (χ1n) is 31.3. The van der Waals surface area contributed by atoms with E-state index < -0.39 is 12.1 Å². The first-order chi connectivity index (χ1) is 34.5. The Labute approximate surface area is 436 Å². The summed E-state index contributed by atoms with van der Waals surface area (Å²) in [5.41, 5.74) is 0. The minimum atomic E-state index is -0.856. The van der Waals surface area contributed by atoms with Gasteiger partial charge >= 0.3 is 5.97 Å². The molecule has 0 saturated carbocycles. The molecule has 0 heterocycles. The summed E-state index contributed by atoms with van der Waals surface area (Å²) in [6.45, 7) is 4.88. The van der Waals surface area contributed by atoms with Gasteiger partial charge in [-0.1, -0.05) is 288 Å². The fraction of sp³-hybridized carbons (Fsp3) is 0.875. The molecule has 2 unspecified atom stereocenters. The number of allylic oxidation sites excluding steroid dienone is 5. The Kier molecular flexibility index (Phi) is 58.0. The fourth-order valence-electron chi connectivity index (χ4n) is 9.61. The van der Waals surface area contributed by atoms with Crippen LogP contribution < -0.4 is 5.32 Å². The zero-order valence-corrected chi connectivity index (χ0v) is 47.0. The summed E-state index contributed by atoms with van der Waals surface area (Å²) in [5.74, 6) is -0.0966. The van der Waals surface area contributed by atoms with Crippen LogP contribution in [-0.4, -0.2) is 47.4 Å². The summed E-state index contributed by atoms with van der Waals surface area (Å²) in [6, 6.07) is -0.641. The van der Waals surface area contributed by atoms with E-state index in [9.17, 15) is 19.8 Å². The topological polar surface area (TPSA) is 95.9 Å². The molecule has 0 aromatic rings. The minimum absolute atomic E-state index is 0.0154. The van der Waals surface area contributed by atoms with Crippen molar-refractivity contribution in [1.82, 2.24) is 5.32 Å². The number of rotatable bonds is 58. The predicted octanol–water partition coefficient (Wildman–Crippen LogP) is 19.6. The third kappa shape index (κ3) is 55.4. The van der Waals surface area contributed by atoms with Crippen LogP contribution in [-0.2, 0) is 14.3 Å². The molecule has 412 valence electrons. The van der Waals surface area contributed by atoms with Crippen molar-refractivity contribution in [3.05, 3.63) is 36.5 Å². The Bertz CT molecular complexity index is 1130. The second-order valence-electron chi connectivity index (χ2n) is 21.4. The fourth-order valence-corrected chi connectivity index (χ4v) is 9.61. The Balaban J connectivity index is 3.52. The molecule has 0 aromatic heterocycles. The number of carbonyl (C=O) groups excluding carboxylic acids is 2. The van der Waals surface area contributed by atoms with Crippen LogP contribution in [0.4, 0.5) is 0 Å². The molecule has 0 radical (unpaired) electrons. The number of nitrogens with one attached hydrogen (secondary N) is 1. The highest BCUT2D eigenvalue weighted by Gasteiger charge is 2.18. The smallest absolute Gasteiger partial charge is 0.305 e. The number of amides is 1. The normalized spacial score (nSPS) is 12.8. The number of ether oxygens (including phenoxy) is 1. The summed E-state index contributed by atoms with van der Waals surface area (Å²) >= 11 is 0. The lowest BCUT2D eigenvalue weighted by atomic mass is 10.0. The number of aliphatic hydroxyl groups excluding tert-OH is 2. The zero-order chi connectivity index (χ0) is 50.7. The van der Waals surface area contributed by atoms with Crippen LogP contribution in [0.2, 0.25) is 0 Å². The first-order valence-corrected chi connectivity index (χ1v) is 31.3. The van der Waals surface area contributed by atoms with Gasteiger partial charge in [0, 0.05) is 12.8 Å². The monoisotopic (exact) mass is 984 g/mol. The number of unbranched alkanes of at least 4 members (excludes halogenated alkanes) is 43. The Morgan fingerprint density at radius 1 is 0.400 bits per heavy atom. The summed E-state index contributed by atoms with van der Waals surface area (Å²) in [5, 5.41) is 23.2. The van der Waals surface area contributed by atoms with Crippen LogP contribution in [0.1, 0.15) is 335 Å². The average Bonchev–Trinajstić information content (AvgIpc) is 3.36. The van der Waals surface area contributed by atoms with Gasteiger partial charge < -0.3 is 20.3 Å². The summed E-state index contributed by atoms with van der Waals surface area (Å²) < 4.78 is 5.44. The van der Waals surface area contributed by atoms with E-state index in [1.807, 2.05) is 6.08 Å². The molecule has 0 rings (SSSR count). The highest BCUT2D eigenvalue weighted by Crippen LogP contribution is 2.17. The lowest BCUT2D eigenvalue weighted by Crippen LogP contribution is -2.45. The standard InChI is InChI=1S/C64H121NO5/c1-3-5-7-9-11-13-15-17-18-19-20-21-22-23-24-25-27-30-33-36-40-44-48-52-56-62(67)61(60-66)65-63(68)57-53-49-45-41-37-34-31-28-26-29-32-35-39-43-47-51-55-59-70-64(69)58-54-50-46-42-38-16-14-12-10-8-6-4-2/h26,29,35,39,52,56,61-62,66-67H,3-25,27-28,30-34,36-38,40-51,53-55,57-60H2,1-2H3,(H,65,68)/b29-26-,39-35-,56-52+. The van der Waals surface area contributed by atoms with Crippen LogP contribution in [0, 0.1) is 0 Å². The molecule has 0 aromatic carbocycles. The highest BCUT2D eigenvalue weighted by molar-refractivity contribution is 5.76. The number of carbonyl (C=O) groups is 2. The van der Waals surface area contributed by atoms with Crippen LogP contribution in [0.3, 0.4) is 0 Å². The molecule has 3 N–H and O–H groups in total. The maximum absolute atomic E-state index is 12.5. The molecule has 2 atom stereocenters. The van der Waals surface area contributed by atoms with Crippen molar-refractivity contribution in [2.75, 3.05) is 13.2 Å². The third-order valence-corrected chi connectivity index (χ3v) is 14.4. The third-order valence-electron chi connectivity index (χ3n) is 14.4. The number of aliphatic hydroxyl groups is 2. The van der Waals surface area contributed by atoms with E-state index in [4.69, 9.17) is 4.74 Å². The Morgan fingerprint density at radius 2 is 0.714 bits per heavy atom. The molecule has 0 aliphatic heterocycles. The first kappa shape index (κ1) is 68.1. The molecule has 6 nitrogen and oxygen atoms in total. The van der Waals surface area contributed by atoms with Gasteiger partial charge in [-0.3, -0.25) is 9.59 Å². The molecule has 0 spiro atoms. The van der Waals surface area contributed by atoms with Gasteiger partial charge in [-0.2, -0.15) is 0 Å². The van der Waals surface area contributed by atoms with E-state index in [-0.39, 0.29) is 18.5 Å². The molecule has 0 fully saturated rings. The average molecular weight is 985 g/mol. The molecular weight excluding hydrogens is 863 g/mol. The van der Waals surface area contributed by atoms with E-state index in [1.165, 1.54) is 225 Å². The molecule has 0 aliphatic rings. The number of hydrogen-bond acceptors (Lipinski definition) is 5. The van der Waals surface area contributed by atoms with Crippen molar-refractivity contribution < 1.29 is 24.5 Å². The molecule has 6 heteroatoms. The molecule has 70 heavy (non-hydrogen) atoms. The van der Waals surface area contributed by atoms with Gasteiger partial charge in [-0.05, 0) is 70.6 Å². The van der Waals surface area contributed by atoms with Gasteiger partial charge in [-0.25, -0.2) is 0 Å². The number of esters is 1. The van der Waals surface area contributed by atoms with Crippen molar-refractivity contribution >= 4 is 11.9 Å². The SMILES string of the molecule is CCCCCCCCCCCCCCCCCCCCCCCC/C=C/C(O)C(CO)NC(=O)CCCCCCCCC/C=C\C/C=C\CCCCCOC(=O)CCCCCCCCCCCCCC. The van der Waals surface area contributed by atoms with Crippen LogP contribution in [0.5, 0.6) is 0 Å².